The van der Waals surface area contributed by atoms with Crippen molar-refractivity contribution in [2.24, 2.45) is 0 Å². The summed E-state index contributed by atoms with van der Waals surface area (Å²) in [5.74, 6) is 3.00. The molecule has 0 atom stereocenters. The fraction of sp³-hybridized carbons (Fsp3) is 0.161. The molecule has 0 aromatic heterocycles. The molecule has 6 nitrogen and oxygen atoms in total. The van der Waals surface area contributed by atoms with E-state index in [9.17, 15) is 9.59 Å². The summed E-state index contributed by atoms with van der Waals surface area (Å²) < 4.78 is 22.3. The smallest absolute Gasteiger partial charge is 0.169 e. The first-order valence-electron chi connectivity index (χ1n) is 11.8. The highest BCUT2D eigenvalue weighted by Crippen LogP contribution is 2.37. The Bertz CT molecular complexity index is 1390. The number of aldehydes is 2. The van der Waals surface area contributed by atoms with Crippen LogP contribution in [0.5, 0.6) is 28.7 Å². The number of methoxy groups -OCH3 is 3. The number of hydrogen-bond donors (Lipinski definition) is 0. The number of carbonyl (C=O) groups excluding carboxylic acids is 2. The Kier molecular flexibility index (Phi) is 8.21. The standard InChI is InChI=1S/C31H28O6/c1-34-26-14-15-27(24(18-26)20-33)31-23(5-4-6-29(31)36-3)11-7-21-8-12-25(13-9-21)37-30-17-22(19-32)10-16-28(30)35-2/h4-6,8-10,12-20H,7,11H2,1-3H3. The third kappa shape index (κ3) is 5.81. The Morgan fingerprint density at radius 2 is 1.41 bits per heavy atom. The highest BCUT2D eigenvalue weighted by Gasteiger charge is 2.16. The van der Waals surface area contributed by atoms with Gasteiger partial charge in [0.25, 0.3) is 0 Å². The maximum absolute atomic E-state index is 11.9. The van der Waals surface area contributed by atoms with Gasteiger partial charge in [0, 0.05) is 16.7 Å². The first kappa shape index (κ1) is 25.5. The van der Waals surface area contributed by atoms with Gasteiger partial charge in [0.15, 0.2) is 17.8 Å². The van der Waals surface area contributed by atoms with E-state index in [-0.39, 0.29) is 0 Å². The van der Waals surface area contributed by atoms with Gasteiger partial charge >= 0.3 is 0 Å². The lowest BCUT2D eigenvalue weighted by molar-refractivity contribution is 0.111. The van der Waals surface area contributed by atoms with Crippen molar-refractivity contribution in [3.63, 3.8) is 0 Å². The van der Waals surface area contributed by atoms with E-state index < -0.39 is 0 Å². The van der Waals surface area contributed by atoms with Crippen LogP contribution in [0.15, 0.2) is 78.9 Å². The molecule has 0 saturated carbocycles. The van der Waals surface area contributed by atoms with Crippen LogP contribution in [-0.2, 0) is 12.8 Å². The average molecular weight is 497 g/mol. The number of hydrogen-bond acceptors (Lipinski definition) is 6. The fourth-order valence-electron chi connectivity index (χ4n) is 4.23. The number of aryl methyl sites for hydroxylation is 2. The van der Waals surface area contributed by atoms with E-state index in [1.807, 2.05) is 48.5 Å². The molecule has 4 aromatic rings. The third-order valence-electron chi connectivity index (χ3n) is 6.15. The minimum atomic E-state index is 0.478. The van der Waals surface area contributed by atoms with Crippen LogP contribution in [0.3, 0.4) is 0 Å². The van der Waals surface area contributed by atoms with Crippen LogP contribution in [0.2, 0.25) is 0 Å². The van der Waals surface area contributed by atoms with Crippen LogP contribution >= 0.6 is 0 Å². The van der Waals surface area contributed by atoms with Crippen LogP contribution < -0.4 is 18.9 Å². The second-order valence-corrected chi connectivity index (χ2v) is 8.34. The highest BCUT2D eigenvalue weighted by atomic mass is 16.5. The van der Waals surface area contributed by atoms with Crippen LogP contribution in [0.25, 0.3) is 11.1 Å². The molecule has 0 spiro atoms. The zero-order valence-corrected chi connectivity index (χ0v) is 21.0. The summed E-state index contributed by atoms with van der Waals surface area (Å²) in [4.78, 5) is 23.0. The van der Waals surface area contributed by atoms with Crippen molar-refractivity contribution in [2.45, 2.75) is 12.8 Å². The maximum atomic E-state index is 11.9. The van der Waals surface area contributed by atoms with Crippen molar-refractivity contribution in [3.05, 3.63) is 101 Å². The molecule has 37 heavy (non-hydrogen) atoms. The van der Waals surface area contributed by atoms with Crippen LogP contribution in [0, 0.1) is 0 Å². The Morgan fingerprint density at radius 3 is 2.08 bits per heavy atom. The van der Waals surface area contributed by atoms with Crippen molar-refractivity contribution in [2.75, 3.05) is 21.3 Å². The average Bonchev–Trinajstić information content (AvgIpc) is 2.96. The van der Waals surface area contributed by atoms with Gasteiger partial charge in [0.1, 0.15) is 23.5 Å². The second-order valence-electron chi connectivity index (χ2n) is 8.34. The minimum absolute atomic E-state index is 0.478. The minimum Gasteiger partial charge on any atom is -0.497 e. The van der Waals surface area contributed by atoms with Crippen LogP contribution in [0.4, 0.5) is 0 Å². The van der Waals surface area contributed by atoms with Gasteiger partial charge in [-0.3, -0.25) is 9.59 Å². The zero-order valence-electron chi connectivity index (χ0n) is 21.0. The molecule has 0 saturated heterocycles. The molecule has 0 amide bonds. The molecular formula is C31H28O6. The number of benzene rings is 4. The quantitative estimate of drug-likeness (QED) is 0.218. The molecule has 0 aliphatic heterocycles. The van der Waals surface area contributed by atoms with Gasteiger partial charge in [-0.1, -0.05) is 24.3 Å². The molecule has 0 bridgehead atoms. The van der Waals surface area contributed by atoms with E-state index >= 15 is 0 Å². The van der Waals surface area contributed by atoms with Crippen molar-refractivity contribution in [3.8, 4) is 39.9 Å². The third-order valence-corrected chi connectivity index (χ3v) is 6.15. The monoisotopic (exact) mass is 496 g/mol. The molecule has 0 unspecified atom stereocenters. The van der Waals surface area contributed by atoms with Crippen molar-refractivity contribution >= 4 is 12.6 Å². The Morgan fingerprint density at radius 1 is 0.649 bits per heavy atom. The molecule has 0 N–H and O–H groups in total. The fourth-order valence-corrected chi connectivity index (χ4v) is 4.23. The summed E-state index contributed by atoms with van der Waals surface area (Å²) in [7, 11) is 4.77. The first-order chi connectivity index (χ1) is 18.1. The zero-order chi connectivity index (χ0) is 26.2. The lowest BCUT2D eigenvalue weighted by Gasteiger charge is -2.16. The summed E-state index contributed by atoms with van der Waals surface area (Å²) in [6, 6.07) is 24.2. The van der Waals surface area contributed by atoms with Crippen LogP contribution in [0.1, 0.15) is 31.8 Å². The van der Waals surface area contributed by atoms with E-state index in [0.717, 1.165) is 47.7 Å². The van der Waals surface area contributed by atoms with Crippen LogP contribution in [-0.4, -0.2) is 33.9 Å². The lowest BCUT2D eigenvalue weighted by Crippen LogP contribution is -2.00. The van der Waals surface area contributed by atoms with E-state index in [1.165, 1.54) is 0 Å². The van der Waals surface area contributed by atoms with Crippen molar-refractivity contribution in [1.29, 1.82) is 0 Å². The Labute approximate surface area is 216 Å². The number of carbonyl (C=O) groups is 2. The Hall–Kier alpha value is -4.58. The summed E-state index contributed by atoms with van der Waals surface area (Å²) >= 11 is 0. The molecule has 4 rings (SSSR count). The van der Waals surface area contributed by atoms with E-state index in [4.69, 9.17) is 18.9 Å². The van der Waals surface area contributed by atoms with Gasteiger partial charge in [0.2, 0.25) is 0 Å². The molecule has 188 valence electrons. The summed E-state index contributed by atoms with van der Waals surface area (Å²) in [6.07, 6.45) is 3.13. The topological polar surface area (TPSA) is 71.1 Å². The first-order valence-corrected chi connectivity index (χ1v) is 11.8. The molecule has 0 aliphatic rings. The predicted molar refractivity (Wildman–Crippen MR) is 143 cm³/mol. The normalized spacial score (nSPS) is 10.5. The van der Waals surface area contributed by atoms with Crippen molar-refractivity contribution in [1.82, 2.24) is 0 Å². The number of ether oxygens (including phenoxy) is 4. The molecule has 6 heteroatoms. The van der Waals surface area contributed by atoms with E-state index in [0.29, 0.717) is 39.9 Å². The molecular weight excluding hydrogens is 468 g/mol. The lowest BCUT2D eigenvalue weighted by atomic mass is 9.91. The van der Waals surface area contributed by atoms with Gasteiger partial charge in [0.05, 0.1) is 21.3 Å². The van der Waals surface area contributed by atoms with Gasteiger partial charge in [-0.05, 0) is 84.1 Å². The Balaban J connectivity index is 1.55. The largest absolute Gasteiger partial charge is 0.497 e. The van der Waals surface area contributed by atoms with Gasteiger partial charge in [-0.15, -0.1) is 0 Å². The van der Waals surface area contributed by atoms with E-state index in [2.05, 4.69) is 6.07 Å². The predicted octanol–water partition coefficient (Wildman–Crippen LogP) is 6.58. The summed E-state index contributed by atoms with van der Waals surface area (Å²) in [5, 5.41) is 0. The van der Waals surface area contributed by atoms with Gasteiger partial charge in [-0.2, -0.15) is 0 Å². The highest BCUT2D eigenvalue weighted by molar-refractivity contribution is 5.91. The molecule has 0 radical (unpaired) electrons. The molecule has 4 aromatic carbocycles. The molecule has 0 heterocycles. The number of rotatable bonds is 11. The maximum Gasteiger partial charge on any atom is 0.169 e. The molecule has 0 aliphatic carbocycles. The molecule has 0 fully saturated rings. The van der Waals surface area contributed by atoms with Gasteiger partial charge < -0.3 is 18.9 Å². The summed E-state index contributed by atoms with van der Waals surface area (Å²) in [5.41, 5.74) is 4.95. The SMILES string of the molecule is COc1ccc(-c2c(CCc3ccc(Oc4cc(C=O)ccc4OC)cc3)cccc2OC)c(C=O)c1. The second kappa shape index (κ2) is 11.9. The van der Waals surface area contributed by atoms with Crippen molar-refractivity contribution < 1.29 is 28.5 Å². The van der Waals surface area contributed by atoms with E-state index in [1.54, 1.807) is 45.6 Å². The van der Waals surface area contributed by atoms with Gasteiger partial charge in [-0.25, -0.2) is 0 Å². The summed E-state index contributed by atoms with van der Waals surface area (Å²) in [6.45, 7) is 0.